The lowest BCUT2D eigenvalue weighted by atomic mass is 9.85. The van der Waals surface area contributed by atoms with Crippen molar-refractivity contribution in [2.24, 2.45) is 5.92 Å². The van der Waals surface area contributed by atoms with Crippen LogP contribution in [0.5, 0.6) is 5.88 Å². The van der Waals surface area contributed by atoms with Crippen LogP contribution in [0, 0.1) is 5.92 Å². The molecule has 6 rings (SSSR count). The van der Waals surface area contributed by atoms with Gasteiger partial charge in [-0.3, -0.25) is 0 Å². The van der Waals surface area contributed by atoms with E-state index in [9.17, 15) is 0 Å². The second kappa shape index (κ2) is 6.59. The maximum absolute atomic E-state index is 6.57. The van der Waals surface area contributed by atoms with Crippen molar-refractivity contribution in [1.29, 1.82) is 0 Å². The van der Waals surface area contributed by atoms with Gasteiger partial charge >= 0.3 is 0 Å². The number of nitrogens with zero attached hydrogens (tertiary/aromatic N) is 1. The van der Waals surface area contributed by atoms with Crippen molar-refractivity contribution in [3.05, 3.63) is 93.1 Å². The van der Waals surface area contributed by atoms with Gasteiger partial charge in [0.1, 0.15) is 6.61 Å². The Balaban J connectivity index is 1.27. The Labute approximate surface area is 183 Å². The van der Waals surface area contributed by atoms with Gasteiger partial charge in [-0.05, 0) is 76.0 Å². The first-order valence-corrected chi connectivity index (χ1v) is 11.4. The Morgan fingerprint density at radius 1 is 1.07 bits per heavy atom. The average molecular weight is 416 g/mol. The van der Waals surface area contributed by atoms with Gasteiger partial charge in [0, 0.05) is 23.2 Å². The molecule has 1 aromatic heterocycles. The van der Waals surface area contributed by atoms with Gasteiger partial charge in [-0.1, -0.05) is 61.8 Å². The number of halogens is 1. The quantitative estimate of drug-likeness (QED) is 0.468. The van der Waals surface area contributed by atoms with Gasteiger partial charge in [-0.2, -0.15) is 0 Å². The van der Waals surface area contributed by atoms with Gasteiger partial charge in [0.25, 0.3) is 0 Å². The van der Waals surface area contributed by atoms with Gasteiger partial charge in [0.05, 0.1) is 0 Å². The zero-order valence-corrected chi connectivity index (χ0v) is 18.2. The van der Waals surface area contributed by atoms with Crippen LogP contribution in [0.2, 0.25) is 5.02 Å². The highest BCUT2D eigenvalue weighted by atomic mass is 35.5. The molecule has 1 heterocycles. The Bertz CT molecular complexity index is 1150. The molecular formula is C27H26ClNO. The second-order valence-corrected chi connectivity index (χ2v) is 10.3. The van der Waals surface area contributed by atoms with Gasteiger partial charge in [0.15, 0.2) is 0 Å². The van der Waals surface area contributed by atoms with E-state index in [1.165, 1.54) is 46.2 Å². The summed E-state index contributed by atoms with van der Waals surface area (Å²) in [5.74, 6) is 2.73. The van der Waals surface area contributed by atoms with E-state index in [0.29, 0.717) is 12.5 Å². The molecule has 3 aromatic rings. The first kappa shape index (κ1) is 18.4. The maximum Gasteiger partial charge on any atom is 0.213 e. The normalized spacial score (nSPS) is 24.8. The number of hydrogen-bond donors (Lipinski definition) is 0. The van der Waals surface area contributed by atoms with Crippen LogP contribution < -0.4 is 4.74 Å². The van der Waals surface area contributed by atoms with Crippen LogP contribution >= 0.6 is 11.6 Å². The number of rotatable bonds is 4. The highest BCUT2D eigenvalue weighted by molar-refractivity contribution is 6.31. The minimum absolute atomic E-state index is 0.140. The lowest BCUT2D eigenvalue weighted by Gasteiger charge is -2.19. The topological polar surface area (TPSA) is 22.1 Å². The number of ether oxygens (including phenoxy) is 1. The molecule has 0 spiro atoms. The molecule has 2 aromatic carbocycles. The van der Waals surface area contributed by atoms with E-state index in [2.05, 4.69) is 55.2 Å². The number of fused-ring (bicyclic) bond motifs is 4. The predicted molar refractivity (Wildman–Crippen MR) is 121 cm³/mol. The predicted octanol–water partition coefficient (Wildman–Crippen LogP) is 6.79. The van der Waals surface area contributed by atoms with Crippen LogP contribution in [0.3, 0.4) is 0 Å². The minimum Gasteiger partial charge on any atom is -0.473 e. The number of pyridine rings is 1. The number of benzene rings is 2. The maximum atomic E-state index is 6.57. The van der Waals surface area contributed by atoms with Crippen LogP contribution in [0.15, 0.2) is 54.7 Å². The first-order valence-electron chi connectivity index (χ1n) is 11.0. The summed E-state index contributed by atoms with van der Waals surface area (Å²) in [5, 5.41) is 0.855. The van der Waals surface area contributed by atoms with Crippen LogP contribution in [0.4, 0.5) is 0 Å². The molecule has 3 aliphatic carbocycles. The van der Waals surface area contributed by atoms with Crippen LogP contribution in [0.1, 0.15) is 71.9 Å². The van der Waals surface area contributed by atoms with Gasteiger partial charge in [0.2, 0.25) is 5.88 Å². The fourth-order valence-corrected chi connectivity index (χ4v) is 6.01. The number of hydrogen-bond acceptors (Lipinski definition) is 2. The largest absolute Gasteiger partial charge is 0.473 e. The lowest BCUT2D eigenvalue weighted by molar-refractivity contribution is 0.293. The SMILES string of the molecule is CC1(C)CC(c2ccccc2Cl)c2cc(COc3cc4c(cn3)C3CC3C4)ccc21. The average Bonchev–Trinajstić information content (AvgIpc) is 3.33. The smallest absolute Gasteiger partial charge is 0.213 e. The van der Waals surface area contributed by atoms with E-state index in [1.807, 2.05) is 18.3 Å². The van der Waals surface area contributed by atoms with E-state index in [4.69, 9.17) is 16.3 Å². The molecule has 3 unspecified atom stereocenters. The molecule has 3 aliphatic rings. The Kier molecular flexibility index (Phi) is 4.05. The van der Waals surface area contributed by atoms with E-state index < -0.39 is 0 Å². The van der Waals surface area contributed by atoms with Crippen molar-refractivity contribution in [2.75, 3.05) is 0 Å². The second-order valence-electron chi connectivity index (χ2n) is 9.90. The van der Waals surface area contributed by atoms with Crippen molar-refractivity contribution in [1.82, 2.24) is 4.98 Å². The van der Waals surface area contributed by atoms with E-state index in [1.54, 1.807) is 0 Å². The molecule has 0 bridgehead atoms. The summed E-state index contributed by atoms with van der Waals surface area (Å²) in [6.45, 7) is 5.21. The fourth-order valence-electron chi connectivity index (χ4n) is 5.74. The molecule has 2 nitrogen and oxygen atoms in total. The summed E-state index contributed by atoms with van der Waals surface area (Å²) in [4.78, 5) is 4.57. The molecule has 0 radical (unpaired) electrons. The van der Waals surface area contributed by atoms with Gasteiger partial charge < -0.3 is 4.74 Å². The van der Waals surface area contributed by atoms with E-state index in [-0.39, 0.29) is 5.41 Å². The molecular weight excluding hydrogens is 390 g/mol. The summed E-state index contributed by atoms with van der Waals surface area (Å²) in [5.41, 5.74) is 8.25. The van der Waals surface area contributed by atoms with Crippen LogP contribution in [-0.2, 0) is 18.4 Å². The first-order chi connectivity index (χ1) is 14.5. The molecule has 0 N–H and O–H groups in total. The van der Waals surface area contributed by atoms with Crippen molar-refractivity contribution in [3.8, 4) is 5.88 Å². The molecule has 0 saturated heterocycles. The monoisotopic (exact) mass is 415 g/mol. The minimum atomic E-state index is 0.140. The lowest BCUT2D eigenvalue weighted by Crippen LogP contribution is -2.12. The number of aromatic nitrogens is 1. The molecule has 1 fully saturated rings. The third-order valence-electron chi connectivity index (χ3n) is 7.41. The third kappa shape index (κ3) is 2.96. The fraction of sp³-hybridized carbons (Fsp3) is 0.370. The third-order valence-corrected chi connectivity index (χ3v) is 7.75. The summed E-state index contributed by atoms with van der Waals surface area (Å²) in [7, 11) is 0. The van der Waals surface area contributed by atoms with Crippen molar-refractivity contribution in [3.63, 3.8) is 0 Å². The van der Waals surface area contributed by atoms with E-state index >= 15 is 0 Å². The summed E-state index contributed by atoms with van der Waals surface area (Å²) >= 11 is 6.57. The molecule has 3 heteroatoms. The van der Waals surface area contributed by atoms with Crippen LogP contribution in [-0.4, -0.2) is 4.98 Å². The zero-order valence-electron chi connectivity index (χ0n) is 17.5. The van der Waals surface area contributed by atoms with Crippen molar-refractivity contribution in [2.45, 2.75) is 57.0 Å². The molecule has 3 atom stereocenters. The zero-order chi connectivity index (χ0) is 20.5. The molecule has 152 valence electrons. The Morgan fingerprint density at radius 2 is 1.93 bits per heavy atom. The van der Waals surface area contributed by atoms with Gasteiger partial charge in [-0.25, -0.2) is 4.98 Å². The summed E-state index contributed by atoms with van der Waals surface area (Å²) < 4.78 is 6.11. The standard InChI is InChI=1S/C27H26ClNO/c1-27(2)13-22(19-5-3-4-6-25(19)28)21-9-16(7-8-24(21)27)15-30-26-12-18-10-17-11-20(17)23(18)14-29-26/h3-9,12,14,17,20,22H,10-11,13,15H2,1-2H3. The highest BCUT2D eigenvalue weighted by Crippen LogP contribution is 2.56. The van der Waals surface area contributed by atoms with Crippen LogP contribution in [0.25, 0.3) is 0 Å². The van der Waals surface area contributed by atoms with Gasteiger partial charge in [-0.15, -0.1) is 0 Å². The molecule has 0 aliphatic heterocycles. The van der Waals surface area contributed by atoms with Crippen molar-refractivity contribution >= 4 is 11.6 Å². The highest BCUT2D eigenvalue weighted by Gasteiger charge is 2.45. The Hall–Kier alpha value is -2.32. The summed E-state index contributed by atoms with van der Waals surface area (Å²) in [6, 6.07) is 17.2. The molecule has 1 saturated carbocycles. The molecule has 0 amide bonds. The van der Waals surface area contributed by atoms with Crippen molar-refractivity contribution < 1.29 is 4.74 Å². The van der Waals surface area contributed by atoms with E-state index in [0.717, 1.165) is 29.2 Å². The molecule has 30 heavy (non-hydrogen) atoms. The summed E-state index contributed by atoms with van der Waals surface area (Å²) in [6.07, 6.45) is 5.67. The Morgan fingerprint density at radius 3 is 2.80 bits per heavy atom.